The van der Waals surface area contributed by atoms with Gasteiger partial charge in [-0.3, -0.25) is 9.59 Å². The molecule has 0 bridgehead atoms. The van der Waals surface area contributed by atoms with Crippen LogP contribution in [0.5, 0.6) is 5.75 Å². The lowest BCUT2D eigenvalue weighted by Gasteiger charge is -2.23. The first kappa shape index (κ1) is 20.5. The lowest BCUT2D eigenvalue weighted by atomic mass is 9.92. The summed E-state index contributed by atoms with van der Waals surface area (Å²) in [5, 5.41) is 9.10. The second kappa shape index (κ2) is 9.24. The molecule has 1 heterocycles. The smallest absolute Gasteiger partial charge is 0.257 e. The molecule has 6 nitrogen and oxygen atoms in total. The van der Waals surface area contributed by atoms with Crippen molar-refractivity contribution >= 4 is 24.2 Å². The van der Waals surface area contributed by atoms with E-state index in [-0.39, 0.29) is 42.2 Å². The Labute approximate surface area is 160 Å². The van der Waals surface area contributed by atoms with E-state index in [9.17, 15) is 9.59 Å². The summed E-state index contributed by atoms with van der Waals surface area (Å²) < 4.78 is 5.49. The van der Waals surface area contributed by atoms with Gasteiger partial charge in [-0.1, -0.05) is 12.1 Å². The van der Waals surface area contributed by atoms with Gasteiger partial charge in [0.25, 0.3) is 5.91 Å². The largest absolute Gasteiger partial charge is 0.484 e. The summed E-state index contributed by atoms with van der Waals surface area (Å²) >= 11 is 0. The number of halogens is 1. The average Bonchev–Trinajstić information content (AvgIpc) is 3.32. The number of carbonyl (C=O) groups excluding carboxylic acids is 2. The molecule has 2 fully saturated rings. The lowest BCUT2D eigenvalue weighted by Crippen LogP contribution is -2.33. The fourth-order valence-corrected chi connectivity index (χ4v) is 3.65. The van der Waals surface area contributed by atoms with Crippen LogP contribution in [0.15, 0.2) is 24.3 Å². The molecule has 3 rings (SSSR count). The van der Waals surface area contributed by atoms with Crippen LogP contribution in [-0.4, -0.2) is 38.1 Å². The van der Waals surface area contributed by atoms with Crippen LogP contribution < -0.4 is 20.7 Å². The topological polar surface area (TPSA) is 79.5 Å². The summed E-state index contributed by atoms with van der Waals surface area (Å²) in [6.07, 6.45) is 3.23. The van der Waals surface area contributed by atoms with Crippen molar-refractivity contribution in [1.82, 2.24) is 16.0 Å². The number of piperidine rings is 1. The molecule has 0 radical (unpaired) electrons. The van der Waals surface area contributed by atoms with Gasteiger partial charge in [0.05, 0.1) is 0 Å². The minimum Gasteiger partial charge on any atom is -0.484 e. The summed E-state index contributed by atoms with van der Waals surface area (Å²) in [5.74, 6) is 0.837. The number of likely N-dealkylation sites (N-methyl/N-ethyl adjacent to an activating group) is 1. The van der Waals surface area contributed by atoms with Gasteiger partial charge in [-0.2, -0.15) is 0 Å². The molecule has 1 saturated heterocycles. The number of carbonyl (C=O) groups is 2. The van der Waals surface area contributed by atoms with Crippen LogP contribution in [0, 0.1) is 11.3 Å². The molecule has 1 saturated carbocycles. The number of rotatable bonds is 7. The Hall–Kier alpha value is -1.79. The van der Waals surface area contributed by atoms with Crippen LogP contribution in [0.25, 0.3) is 0 Å². The number of nitrogens with one attached hydrogen (secondary N) is 3. The van der Waals surface area contributed by atoms with Crippen molar-refractivity contribution in [2.24, 2.45) is 11.3 Å². The first-order valence-electron chi connectivity index (χ1n) is 9.10. The Morgan fingerprint density at radius 2 is 2.04 bits per heavy atom. The van der Waals surface area contributed by atoms with Gasteiger partial charge in [0.1, 0.15) is 5.75 Å². The molecule has 1 atom stereocenters. The van der Waals surface area contributed by atoms with Crippen molar-refractivity contribution in [2.75, 3.05) is 26.2 Å². The molecule has 1 spiro atoms. The van der Waals surface area contributed by atoms with E-state index >= 15 is 0 Å². The fourth-order valence-electron chi connectivity index (χ4n) is 3.65. The Balaban J connectivity index is 0.00000243. The molecule has 1 aliphatic carbocycles. The van der Waals surface area contributed by atoms with Crippen molar-refractivity contribution in [3.8, 4) is 5.75 Å². The van der Waals surface area contributed by atoms with Crippen LogP contribution in [-0.2, 0) is 16.1 Å². The summed E-state index contributed by atoms with van der Waals surface area (Å²) in [4.78, 5) is 23.9. The van der Waals surface area contributed by atoms with E-state index < -0.39 is 0 Å². The third kappa shape index (κ3) is 5.11. The van der Waals surface area contributed by atoms with Gasteiger partial charge in [-0.25, -0.2) is 0 Å². The first-order valence-corrected chi connectivity index (χ1v) is 9.10. The van der Waals surface area contributed by atoms with Gasteiger partial charge < -0.3 is 20.7 Å². The normalized spacial score (nSPS) is 20.0. The number of hydrogen-bond donors (Lipinski definition) is 3. The highest BCUT2D eigenvalue weighted by Crippen LogP contribution is 2.58. The Morgan fingerprint density at radius 1 is 1.27 bits per heavy atom. The maximum absolute atomic E-state index is 12.4. The molecule has 0 aromatic heterocycles. The van der Waals surface area contributed by atoms with Crippen molar-refractivity contribution in [3.63, 3.8) is 0 Å². The summed E-state index contributed by atoms with van der Waals surface area (Å²) in [7, 11) is 0. The highest BCUT2D eigenvalue weighted by Gasteiger charge is 2.57. The van der Waals surface area contributed by atoms with E-state index in [0.717, 1.165) is 37.9 Å². The Kier molecular flexibility index (Phi) is 7.29. The molecule has 26 heavy (non-hydrogen) atoms. The van der Waals surface area contributed by atoms with Crippen molar-refractivity contribution < 1.29 is 14.3 Å². The molecule has 1 aromatic rings. The molecule has 2 aliphatic rings. The second-order valence-electron chi connectivity index (χ2n) is 6.98. The average molecular weight is 382 g/mol. The van der Waals surface area contributed by atoms with Gasteiger partial charge in [0, 0.05) is 19.0 Å². The van der Waals surface area contributed by atoms with Crippen LogP contribution >= 0.6 is 12.4 Å². The Bertz CT molecular complexity index is 632. The van der Waals surface area contributed by atoms with Crippen LogP contribution in [0.3, 0.4) is 0 Å². The van der Waals surface area contributed by atoms with E-state index in [0.29, 0.717) is 18.8 Å². The molecular weight excluding hydrogens is 354 g/mol. The molecule has 1 aromatic carbocycles. The highest BCUT2D eigenvalue weighted by molar-refractivity contribution is 5.85. The summed E-state index contributed by atoms with van der Waals surface area (Å²) in [6, 6.07) is 7.51. The monoisotopic (exact) mass is 381 g/mol. The number of amides is 2. The van der Waals surface area contributed by atoms with Gasteiger partial charge >= 0.3 is 0 Å². The minimum absolute atomic E-state index is 0. The SMILES string of the molecule is CCNC(=O)COc1cccc(CNC(=O)C2CC23CCNCC3)c1.Cl. The van der Waals surface area contributed by atoms with Crippen molar-refractivity contribution in [1.29, 1.82) is 0 Å². The molecular formula is C19H28ClN3O3. The number of hydrogen-bond acceptors (Lipinski definition) is 4. The van der Waals surface area contributed by atoms with E-state index in [1.807, 2.05) is 31.2 Å². The molecule has 144 valence electrons. The molecule has 7 heteroatoms. The number of ether oxygens (including phenoxy) is 1. The third-order valence-electron chi connectivity index (χ3n) is 5.21. The van der Waals surface area contributed by atoms with Crippen LogP contribution in [0.2, 0.25) is 0 Å². The highest BCUT2D eigenvalue weighted by atomic mass is 35.5. The van der Waals surface area contributed by atoms with Crippen LogP contribution in [0.1, 0.15) is 31.7 Å². The van der Waals surface area contributed by atoms with E-state index in [1.54, 1.807) is 0 Å². The minimum atomic E-state index is -0.137. The van der Waals surface area contributed by atoms with Crippen molar-refractivity contribution in [3.05, 3.63) is 29.8 Å². The molecule has 2 amide bonds. The maximum Gasteiger partial charge on any atom is 0.257 e. The predicted molar refractivity (Wildman–Crippen MR) is 102 cm³/mol. The summed E-state index contributed by atoms with van der Waals surface area (Å²) in [5.41, 5.74) is 1.23. The maximum atomic E-state index is 12.4. The fraction of sp³-hybridized carbons (Fsp3) is 0.579. The van der Waals surface area contributed by atoms with Crippen molar-refractivity contribution in [2.45, 2.75) is 32.7 Å². The van der Waals surface area contributed by atoms with Gasteiger partial charge in [-0.15, -0.1) is 12.4 Å². The zero-order valence-electron chi connectivity index (χ0n) is 15.2. The first-order chi connectivity index (χ1) is 12.1. The van der Waals surface area contributed by atoms with E-state index in [2.05, 4.69) is 16.0 Å². The second-order valence-corrected chi connectivity index (χ2v) is 6.98. The van der Waals surface area contributed by atoms with E-state index in [4.69, 9.17) is 4.74 Å². The predicted octanol–water partition coefficient (Wildman–Crippen LogP) is 1.63. The lowest BCUT2D eigenvalue weighted by molar-refractivity contribution is -0.124. The molecule has 3 N–H and O–H groups in total. The van der Waals surface area contributed by atoms with E-state index in [1.165, 1.54) is 0 Å². The third-order valence-corrected chi connectivity index (χ3v) is 5.21. The Morgan fingerprint density at radius 3 is 2.77 bits per heavy atom. The van der Waals surface area contributed by atoms with Crippen LogP contribution in [0.4, 0.5) is 0 Å². The van der Waals surface area contributed by atoms with Gasteiger partial charge in [0.2, 0.25) is 5.91 Å². The van der Waals surface area contributed by atoms with Gasteiger partial charge in [0.15, 0.2) is 6.61 Å². The zero-order chi connectivity index (χ0) is 17.7. The molecule has 1 unspecified atom stereocenters. The zero-order valence-corrected chi connectivity index (χ0v) is 16.0. The van der Waals surface area contributed by atoms with Gasteiger partial charge in [-0.05, 0) is 62.4 Å². The summed E-state index contributed by atoms with van der Waals surface area (Å²) in [6.45, 7) is 5.00. The quantitative estimate of drug-likeness (QED) is 0.670. The standard InChI is InChI=1S/C19H27N3O3.ClH/c1-2-21-17(23)13-25-15-5-3-4-14(10-15)12-22-18(24)16-11-19(16)6-8-20-9-7-19;/h3-5,10,16,20H,2,6-9,11-13H2,1H3,(H,21,23)(H,22,24);1H. The number of benzene rings is 1. The molecule has 1 aliphatic heterocycles.